The summed E-state index contributed by atoms with van der Waals surface area (Å²) in [5.74, 6) is 0.286. The van der Waals surface area contributed by atoms with E-state index in [2.05, 4.69) is 10.00 Å². The summed E-state index contributed by atoms with van der Waals surface area (Å²) in [5.41, 5.74) is 3.95. The highest BCUT2D eigenvalue weighted by atomic mass is 16.2. The SMILES string of the molecule is CCC(=O)N(Cc1nn(C)c2c1CCC2)C1CCCC1. The van der Waals surface area contributed by atoms with Gasteiger partial charge in [-0.15, -0.1) is 0 Å². The Morgan fingerprint density at radius 1 is 1.30 bits per heavy atom. The minimum atomic E-state index is 0.286. The normalized spacial score (nSPS) is 18.5. The van der Waals surface area contributed by atoms with Crippen LogP contribution in [0.15, 0.2) is 0 Å². The molecule has 110 valence electrons. The molecule has 0 spiro atoms. The minimum absolute atomic E-state index is 0.286. The van der Waals surface area contributed by atoms with Crippen LogP contribution in [-0.4, -0.2) is 26.6 Å². The van der Waals surface area contributed by atoms with Gasteiger partial charge in [-0.1, -0.05) is 19.8 Å². The van der Waals surface area contributed by atoms with Crippen molar-refractivity contribution in [3.8, 4) is 0 Å². The molecule has 0 aromatic carbocycles. The van der Waals surface area contributed by atoms with E-state index in [0.717, 1.165) is 25.1 Å². The number of amides is 1. The number of nitrogens with zero attached hydrogens (tertiary/aromatic N) is 3. The first-order valence-corrected chi connectivity index (χ1v) is 8.03. The van der Waals surface area contributed by atoms with Gasteiger partial charge in [-0.3, -0.25) is 9.48 Å². The number of aryl methyl sites for hydroxylation is 1. The third-order valence-corrected chi connectivity index (χ3v) is 4.91. The Bertz CT molecular complexity index is 500. The molecule has 1 saturated carbocycles. The van der Waals surface area contributed by atoms with Crippen LogP contribution in [0.1, 0.15) is 62.4 Å². The Morgan fingerprint density at radius 2 is 2.05 bits per heavy atom. The first kappa shape index (κ1) is 13.7. The first-order chi connectivity index (χ1) is 9.70. The fourth-order valence-electron chi connectivity index (χ4n) is 3.83. The maximum atomic E-state index is 12.3. The third-order valence-electron chi connectivity index (χ3n) is 4.91. The smallest absolute Gasteiger partial charge is 0.222 e. The van der Waals surface area contributed by atoms with Crippen LogP contribution in [0, 0.1) is 0 Å². The monoisotopic (exact) mass is 275 g/mol. The van der Waals surface area contributed by atoms with Crippen LogP contribution in [-0.2, 0) is 31.2 Å². The van der Waals surface area contributed by atoms with Crippen molar-refractivity contribution in [1.82, 2.24) is 14.7 Å². The Kier molecular flexibility index (Phi) is 3.81. The second-order valence-corrected chi connectivity index (χ2v) is 6.16. The zero-order valence-electron chi connectivity index (χ0n) is 12.7. The number of hydrogen-bond donors (Lipinski definition) is 0. The lowest BCUT2D eigenvalue weighted by molar-refractivity contribution is -0.133. The standard InChI is InChI=1S/C16H25N3O/c1-3-16(20)19(12-7-4-5-8-12)11-14-13-9-6-10-15(13)18(2)17-14/h12H,3-11H2,1-2H3. The average molecular weight is 275 g/mol. The van der Waals surface area contributed by atoms with Gasteiger partial charge in [-0.25, -0.2) is 0 Å². The van der Waals surface area contributed by atoms with Gasteiger partial charge in [0.1, 0.15) is 0 Å². The number of aromatic nitrogens is 2. The zero-order chi connectivity index (χ0) is 14.1. The van der Waals surface area contributed by atoms with Gasteiger partial charge in [0.15, 0.2) is 0 Å². The summed E-state index contributed by atoms with van der Waals surface area (Å²) < 4.78 is 2.03. The molecule has 0 saturated heterocycles. The molecule has 4 heteroatoms. The molecule has 1 amide bonds. The van der Waals surface area contributed by atoms with Gasteiger partial charge in [0.2, 0.25) is 5.91 Å². The van der Waals surface area contributed by atoms with Crippen LogP contribution in [0.5, 0.6) is 0 Å². The van der Waals surface area contributed by atoms with Gasteiger partial charge < -0.3 is 4.90 Å². The van der Waals surface area contributed by atoms with Crippen LogP contribution in [0.4, 0.5) is 0 Å². The maximum absolute atomic E-state index is 12.3. The van der Waals surface area contributed by atoms with Crippen LogP contribution >= 0.6 is 0 Å². The van der Waals surface area contributed by atoms with E-state index < -0.39 is 0 Å². The summed E-state index contributed by atoms with van der Waals surface area (Å²) in [6.07, 6.45) is 8.98. The maximum Gasteiger partial charge on any atom is 0.222 e. The van der Waals surface area contributed by atoms with Crippen molar-refractivity contribution in [2.45, 2.75) is 70.9 Å². The molecule has 1 aromatic heterocycles. The molecule has 1 aromatic rings. The second kappa shape index (κ2) is 5.58. The topological polar surface area (TPSA) is 38.1 Å². The predicted octanol–water partition coefficient (Wildman–Crippen LogP) is 2.59. The number of hydrogen-bond acceptors (Lipinski definition) is 2. The van der Waals surface area contributed by atoms with Crippen LogP contribution < -0.4 is 0 Å². The number of fused-ring (bicyclic) bond motifs is 1. The molecule has 0 unspecified atom stereocenters. The molecule has 3 rings (SSSR count). The molecule has 0 atom stereocenters. The predicted molar refractivity (Wildman–Crippen MR) is 78.3 cm³/mol. The number of carbonyl (C=O) groups is 1. The molecule has 4 nitrogen and oxygen atoms in total. The summed E-state index contributed by atoms with van der Waals surface area (Å²) in [6, 6.07) is 0.446. The van der Waals surface area contributed by atoms with Gasteiger partial charge in [0, 0.05) is 25.2 Å². The summed E-state index contributed by atoms with van der Waals surface area (Å²) >= 11 is 0. The fraction of sp³-hybridized carbons (Fsp3) is 0.750. The average Bonchev–Trinajstić information content (AvgIpc) is 3.15. The van der Waals surface area contributed by atoms with Crippen molar-refractivity contribution in [2.75, 3.05) is 0 Å². The van der Waals surface area contributed by atoms with Crippen molar-refractivity contribution in [3.05, 3.63) is 17.0 Å². The first-order valence-electron chi connectivity index (χ1n) is 8.03. The quantitative estimate of drug-likeness (QED) is 0.847. The minimum Gasteiger partial charge on any atom is -0.334 e. The van der Waals surface area contributed by atoms with E-state index in [-0.39, 0.29) is 5.91 Å². The van der Waals surface area contributed by atoms with E-state index in [4.69, 9.17) is 0 Å². The highest BCUT2D eigenvalue weighted by Crippen LogP contribution is 2.29. The number of rotatable bonds is 4. The van der Waals surface area contributed by atoms with Gasteiger partial charge in [0.05, 0.1) is 12.2 Å². The van der Waals surface area contributed by atoms with Crippen molar-refractivity contribution < 1.29 is 4.79 Å². The number of carbonyl (C=O) groups excluding carboxylic acids is 1. The van der Waals surface area contributed by atoms with Crippen molar-refractivity contribution in [3.63, 3.8) is 0 Å². The van der Waals surface area contributed by atoms with E-state index in [9.17, 15) is 4.79 Å². The van der Waals surface area contributed by atoms with E-state index >= 15 is 0 Å². The van der Waals surface area contributed by atoms with E-state index in [1.807, 2.05) is 18.7 Å². The summed E-state index contributed by atoms with van der Waals surface area (Å²) in [4.78, 5) is 14.4. The fourth-order valence-corrected chi connectivity index (χ4v) is 3.83. The van der Waals surface area contributed by atoms with Crippen LogP contribution in [0.3, 0.4) is 0 Å². The lowest BCUT2D eigenvalue weighted by Gasteiger charge is -2.28. The summed E-state index contributed by atoms with van der Waals surface area (Å²) in [5, 5.41) is 4.68. The Morgan fingerprint density at radius 3 is 2.75 bits per heavy atom. The van der Waals surface area contributed by atoms with Gasteiger partial charge in [-0.05, 0) is 37.7 Å². The molecule has 1 fully saturated rings. The van der Waals surface area contributed by atoms with Crippen LogP contribution in [0.25, 0.3) is 0 Å². The lowest BCUT2D eigenvalue weighted by atomic mass is 10.1. The highest BCUT2D eigenvalue weighted by Gasteiger charge is 2.29. The summed E-state index contributed by atoms with van der Waals surface area (Å²) in [6.45, 7) is 2.69. The molecule has 0 radical (unpaired) electrons. The Labute approximate surface area is 121 Å². The Hall–Kier alpha value is -1.32. The van der Waals surface area contributed by atoms with E-state index in [1.54, 1.807) is 0 Å². The Balaban J connectivity index is 1.82. The van der Waals surface area contributed by atoms with Gasteiger partial charge >= 0.3 is 0 Å². The van der Waals surface area contributed by atoms with Crippen molar-refractivity contribution >= 4 is 5.91 Å². The third kappa shape index (κ3) is 2.36. The summed E-state index contributed by atoms with van der Waals surface area (Å²) in [7, 11) is 2.04. The van der Waals surface area contributed by atoms with Gasteiger partial charge in [0.25, 0.3) is 0 Å². The molecule has 0 N–H and O–H groups in total. The van der Waals surface area contributed by atoms with Crippen molar-refractivity contribution in [2.24, 2.45) is 7.05 Å². The zero-order valence-corrected chi connectivity index (χ0v) is 12.7. The second-order valence-electron chi connectivity index (χ2n) is 6.16. The molecular formula is C16H25N3O. The molecule has 2 aliphatic rings. The van der Waals surface area contributed by atoms with Gasteiger partial charge in [-0.2, -0.15) is 5.10 Å². The molecule has 1 heterocycles. The van der Waals surface area contributed by atoms with Crippen LogP contribution in [0.2, 0.25) is 0 Å². The van der Waals surface area contributed by atoms with E-state index in [1.165, 1.54) is 43.4 Å². The van der Waals surface area contributed by atoms with Crippen molar-refractivity contribution in [1.29, 1.82) is 0 Å². The largest absolute Gasteiger partial charge is 0.334 e. The molecule has 0 aliphatic heterocycles. The molecule has 20 heavy (non-hydrogen) atoms. The molecule has 2 aliphatic carbocycles. The molecule has 0 bridgehead atoms. The highest BCUT2D eigenvalue weighted by molar-refractivity contribution is 5.76. The van der Waals surface area contributed by atoms with E-state index in [0.29, 0.717) is 12.5 Å². The molecular weight excluding hydrogens is 250 g/mol. The lowest BCUT2D eigenvalue weighted by Crippen LogP contribution is -2.38.